The highest BCUT2D eigenvalue weighted by atomic mass is 16.5. The van der Waals surface area contributed by atoms with Crippen molar-refractivity contribution in [2.24, 2.45) is 11.3 Å². The third-order valence-corrected chi connectivity index (χ3v) is 3.71. The molecule has 0 aliphatic carbocycles. The van der Waals surface area contributed by atoms with E-state index in [9.17, 15) is 4.79 Å². The minimum Gasteiger partial charge on any atom is -0.465 e. The van der Waals surface area contributed by atoms with Crippen LogP contribution in [-0.4, -0.2) is 25.8 Å². The number of hydrogen-bond donors (Lipinski definition) is 0. The smallest absolute Gasteiger partial charge is 0.311 e. The van der Waals surface area contributed by atoms with Gasteiger partial charge in [0.15, 0.2) is 0 Å². The van der Waals surface area contributed by atoms with Crippen molar-refractivity contribution in [3.8, 4) is 0 Å². The lowest BCUT2D eigenvalue weighted by atomic mass is 9.81. The molecule has 0 rings (SSSR count). The molecule has 0 spiro atoms. The van der Waals surface area contributed by atoms with Crippen molar-refractivity contribution >= 4 is 5.97 Å². The number of esters is 1. The predicted molar refractivity (Wildman–Crippen MR) is 88.4 cm³/mol. The van der Waals surface area contributed by atoms with Gasteiger partial charge in [-0.25, -0.2) is 0 Å². The average molecular weight is 300 g/mol. The molecule has 126 valence electrons. The molecule has 0 bridgehead atoms. The molecule has 3 heteroatoms. The molecular weight excluding hydrogens is 264 g/mol. The molecule has 0 aromatic heterocycles. The van der Waals surface area contributed by atoms with Crippen molar-refractivity contribution in [3.05, 3.63) is 0 Å². The molecule has 0 saturated heterocycles. The molecule has 0 aromatic carbocycles. The summed E-state index contributed by atoms with van der Waals surface area (Å²) >= 11 is 0. The maximum Gasteiger partial charge on any atom is 0.311 e. The molecule has 0 N–H and O–H groups in total. The van der Waals surface area contributed by atoms with E-state index in [1.54, 1.807) is 0 Å². The lowest BCUT2D eigenvalue weighted by Crippen LogP contribution is -2.34. The first-order valence-corrected chi connectivity index (χ1v) is 8.67. The second-order valence-corrected chi connectivity index (χ2v) is 6.93. The lowest BCUT2D eigenvalue weighted by molar-refractivity contribution is -0.155. The van der Waals surface area contributed by atoms with E-state index in [2.05, 4.69) is 34.6 Å². The Hall–Kier alpha value is -0.570. The van der Waals surface area contributed by atoms with Crippen molar-refractivity contribution in [1.82, 2.24) is 0 Å². The fourth-order valence-corrected chi connectivity index (χ4v) is 2.17. The number of ether oxygens (including phenoxy) is 2. The van der Waals surface area contributed by atoms with Gasteiger partial charge in [-0.1, -0.05) is 66.7 Å². The molecule has 0 heterocycles. The normalized spacial score (nSPS) is 13.2. The van der Waals surface area contributed by atoms with Gasteiger partial charge in [0, 0.05) is 6.61 Å². The third-order valence-electron chi connectivity index (χ3n) is 3.71. The van der Waals surface area contributed by atoms with Gasteiger partial charge in [-0.15, -0.1) is 0 Å². The Labute approximate surface area is 131 Å². The van der Waals surface area contributed by atoms with E-state index in [0.717, 1.165) is 19.3 Å². The van der Waals surface area contributed by atoms with Crippen LogP contribution in [0.5, 0.6) is 0 Å². The van der Waals surface area contributed by atoms with Gasteiger partial charge in [-0.2, -0.15) is 0 Å². The van der Waals surface area contributed by atoms with Crippen LogP contribution in [0.2, 0.25) is 0 Å². The molecule has 0 radical (unpaired) electrons. The summed E-state index contributed by atoms with van der Waals surface area (Å²) in [5.74, 6) is -0.281. The van der Waals surface area contributed by atoms with Gasteiger partial charge in [0.25, 0.3) is 0 Å². The zero-order valence-corrected chi connectivity index (χ0v) is 14.9. The summed E-state index contributed by atoms with van der Waals surface area (Å²) in [5.41, 5.74) is -0.119. The Morgan fingerprint density at radius 2 is 1.52 bits per heavy atom. The molecule has 0 aromatic rings. The molecule has 0 amide bonds. The molecule has 21 heavy (non-hydrogen) atoms. The summed E-state index contributed by atoms with van der Waals surface area (Å²) in [7, 11) is 0. The minimum atomic E-state index is -0.177. The van der Waals surface area contributed by atoms with Gasteiger partial charge in [-0.3, -0.25) is 4.79 Å². The SMILES string of the molecule is CCCCCCCCOC(=O)C(COCCC)C(C)(C)C. The molecule has 1 atom stereocenters. The lowest BCUT2D eigenvalue weighted by Gasteiger charge is -2.28. The third kappa shape index (κ3) is 10.8. The van der Waals surface area contributed by atoms with Crippen LogP contribution in [0.1, 0.15) is 79.6 Å². The molecule has 1 unspecified atom stereocenters. The van der Waals surface area contributed by atoms with Crippen LogP contribution in [0, 0.1) is 11.3 Å². The topological polar surface area (TPSA) is 35.5 Å². The van der Waals surface area contributed by atoms with Crippen LogP contribution in [0.15, 0.2) is 0 Å². The Morgan fingerprint density at radius 1 is 0.905 bits per heavy atom. The van der Waals surface area contributed by atoms with Gasteiger partial charge in [-0.05, 0) is 18.3 Å². The van der Waals surface area contributed by atoms with E-state index in [1.807, 2.05) is 0 Å². The summed E-state index contributed by atoms with van der Waals surface area (Å²) in [6.07, 6.45) is 8.21. The van der Waals surface area contributed by atoms with E-state index < -0.39 is 0 Å². The van der Waals surface area contributed by atoms with E-state index in [-0.39, 0.29) is 17.3 Å². The second kappa shape index (κ2) is 12.0. The Balaban J connectivity index is 3.95. The molecular formula is C18H36O3. The Morgan fingerprint density at radius 3 is 2.10 bits per heavy atom. The number of hydrogen-bond acceptors (Lipinski definition) is 3. The standard InChI is InChI=1S/C18H36O3/c1-6-8-9-10-11-12-14-21-17(19)16(18(3,4)5)15-20-13-7-2/h16H,6-15H2,1-5H3. The largest absolute Gasteiger partial charge is 0.465 e. The average Bonchev–Trinajstić information content (AvgIpc) is 2.41. The van der Waals surface area contributed by atoms with Crippen LogP contribution in [0.4, 0.5) is 0 Å². The van der Waals surface area contributed by atoms with E-state index in [4.69, 9.17) is 9.47 Å². The molecule has 0 saturated carbocycles. The van der Waals surface area contributed by atoms with Crippen molar-refractivity contribution in [1.29, 1.82) is 0 Å². The van der Waals surface area contributed by atoms with Crippen molar-refractivity contribution in [2.45, 2.75) is 79.6 Å². The summed E-state index contributed by atoms with van der Waals surface area (Å²) in [6.45, 7) is 12.2. The Kier molecular flexibility index (Phi) is 11.7. The zero-order valence-electron chi connectivity index (χ0n) is 14.9. The fraction of sp³-hybridized carbons (Fsp3) is 0.944. The first-order valence-electron chi connectivity index (χ1n) is 8.67. The molecule has 0 aliphatic rings. The highest BCUT2D eigenvalue weighted by molar-refractivity contribution is 5.73. The molecule has 3 nitrogen and oxygen atoms in total. The number of carbonyl (C=O) groups excluding carboxylic acids is 1. The monoisotopic (exact) mass is 300 g/mol. The first kappa shape index (κ1) is 20.4. The van der Waals surface area contributed by atoms with Crippen molar-refractivity contribution < 1.29 is 14.3 Å². The summed E-state index contributed by atoms with van der Waals surface area (Å²) in [4.78, 5) is 12.2. The second-order valence-electron chi connectivity index (χ2n) is 6.93. The van der Waals surface area contributed by atoms with Gasteiger partial charge < -0.3 is 9.47 Å². The highest BCUT2D eigenvalue weighted by Gasteiger charge is 2.32. The Bertz CT molecular complexity index is 256. The van der Waals surface area contributed by atoms with Crippen LogP contribution in [-0.2, 0) is 14.3 Å². The van der Waals surface area contributed by atoms with Crippen LogP contribution in [0.25, 0.3) is 0 Å². The first-order chi connectivity index (χ1) is 9.93. The quantitative estimate of drug-likeness (QED) is 0.377. The summed E-state index contributed by atoms with van der Waals surface area (Å²) < 4.78 is 11.0. The van der Waals surface area contributed by atoms with Gasteiger partial charge in [0.1, 0.15) is 0 Å². The number of rotatable bonds is 12. The highest BCUT2D eigenvalue weighted by Crippen LogP contribution is 2.27. The summed E-state index contributed by atoms with van der Waals surface area (Å²) in [6, 6.07) is 0. The summed E-state index contributed by atoms with van der Waals surface area (Å²) in [5, 5.41) is 0. The van der Waals surface area contributed by atoms with Crippen molar-refractivity contribution in [2.75, 3.05) is 19.8 Å². The van der Waals surface area contributed by atoms with Gasteiger partial charge in [0.05, 0.1) is 19.1 Å². The van der Waals surface area contributed by atoms with Crippen LogP contribution >= 0.6 is 0 Å². The van der Waals surface area contributed by atoms with E-state index in [1.165, 1.54) is 25.7 Å². The van der Waals surface area contributed by atoms with Crippen LogP contribution in [0.3, 0.4) is 0 Å². The zero-order chi connectivity index (χ0) is 16.1. The van der Waals surface area contributed by atoms with Crippen LogP contribution < -0.4 is 0 Å². The fourth-order valence-electron chi connectivity index (χ4n) is 2.17. The van der Waals surface area contributed by atoms with Gasteiger partial charge >= 0.3 is 5.97 Å². The molecule has 0 aliphatic heterocycles. The molecule has 0 fully saturated rings. The van der Waals surface area contributed by atoms with E-state index in [0.29, 0.717) is 19.8 Å². The predicted octanol–water partition coefficient (Wildman–Crippen LogP) is 4.98. The van der Waals surface area contributed by atoms with Gasteiger partial charge in [0.2, 0.25) is 0 Å². The van der Waals surface area contributed by atoms with E-state index >= 15 is 0 Å². The maximum atomic E-state index is 12.2. The minimum absolute atomic E-state index is 0.104. The maximum absolute atomic E-state index is 12.2. The number of unbranched alkanes of at least 4 members (excludes halogenated alkanes) is 5. The number of carbonyl (C=O) groups is 1. The van der Waals surface area contributed by atoms with Crippen molar-refractivity contribution in [3.63, 3.8) is 0 Å².